The van der Waals surface area contributed by atoms with Gasteiger partial charge < -0.3 is 9.09 Å². The molecule has 8 nitrogen and oxygen atoms in total. The normalized spacial score (nSPS) is 12.5. The number of hydrogen-bond donors (Lipinski definition) is 0. The Morgan fingerprint density at radius 3 is 2.50 bits per heavy atom. The molecule has 0 aliphatic rings. The maximum Gasteiger partial charge on any atom is 0.262 e. The molecule has 0 radical (unpaired) electrons. The third kappa shape index (κ3) is 3.20. The number of imidazole rings is 1. The zero-order valence-electron chi connectivity index (χ0n) is 13.4. The van der Waals surface area contributed by atoms with Crippen molar-refractivity contribution in [2.75, 3.05) is 6.54 Å². The molecule has 2 rings (SSSR count). The van der Waals surface area contributed by atoms with Crippen LogP contribution in [0.15, 0.2) is 15.7 Å². The van der Waals surface area contributed by atoms with E-state index in [1.54, 1.807) is 25.5 Å². The smallest absolute Gasteiger partial charge is 0.262 e. The fourth-order valence-electron chi connectivity index (χ4n) is 1.87. The minimum atomic E-state index is -3.69. The summed E-state index contributed by atoms with van der Waals surface area (Å²) in [5, 5.41) is 3.87. The molecule has 0 unspecified atom stereocenters. The van der Waals surface area contributed by atoms with E-state index in [0.29, 0.717) is 11.6 Å². The van der Waals surface area contributed by atoms with Gasteiger partial charge in [-0.25, -0.2) is 13.4 Å². The molecular weight excluding hydrogens is 306 g/mol. The molecule has 0 aliphatic carbocycles. The van der Waals surface area contributed by atoms with E-state index in [4.69, 9.17) is 4.52 Å². The largest absolute Gasteiger partial charge is 0.338 e. The van der Waals surface area contributed by atoms with Crippen LogP contribution in [0.3, 0.4) is 0 Å². The lowest BCUT2D eigenvalue weighted by atomic mass is 10.2. The van der Waals surface area contributed by atoms with Gasteiger partial charge in [0.25, 0.3) is 10.0 Å². The van der Waals surface area contributed by atoms with Crippen molar-refractivity contribution in [3.63, 3.8) is 0 Å². The molecule has 0 fully saturated rings. The van der Waals surface area contributed by atoms with Gasteiger partial charge >= 0.3 is 0 Å². The highest BCUT2D eigenvalue weighted by atomic mass is 32.2. The van der Waals surface area contributed by atoms with E-state index >= 15 is 0 Å². The first-order valence-electron chi connectivity index (χ1n) is 7.08. The molecule has 0 aliphatic heterocycles. The van der Waals surface area contributed by atoms with E-state index in [2.05, 4.69) is 15.1 Å². The average molecular weight is 327 g/mol. The van der Waals surface area contributed by atoms with Crippen LogP contribution >= 0.6 is 0 Å². The fraction of sp³-hybridized carbons (Fsp3) is 0.615. The van der Waals surface area contributed by atoms with E-state index in [9.17, 15) is 8.42 Å². The Hall–Kier alpha value is -1.74. The lowest BCUT2D eigenvalue weighted by molar-refractivity contribution is 0.318. The van der Waals surface area contributed by atoms with Gasteiger partial charge in [-0.3, -0.25) is 0 Å². The first-order valence-corrected chi connectivity index (χ1v) is 8.52. The predicted octanol–water partition coefficient (Wildman–Crippen LogP) is 1.45. The monoisotopic (exact) mass is 327 g/mol. The lowest BCUT2D eigenvalue weighted by Crippen LogP contribution is -2.31. The molecule has 2 heterocycles. The van der Waals surface area contributed by atoms with E-state index in [1.807, 2.05) is 13.8 Å². The predicted molar refractivity (Wildman–Crippen MR) is 79.6 cm³/mol. The summed E-state index contributed by atoms with van der Waals surface area (Å²) in [6, 6.07) is 0. The molecule has 0 N–H and O–H groups in total. The minimum Gasteiger partial charge on any atom is -0.338 e. The second kappa shape index (κ2) is 6.17. The number of nitrogens with zero attached hydrogens (tertiary/aromatic N) is 5. The lowest BCUT2D eigenvalue weighted by Gasteiger charge is -2.16. The van der Waals surface area contributed by atoms with Gasteiger partial charge in [0.15, 0.2) is 10.9 Å². The van der Waals surface area contributed by atoms with Crippen LogP contribution in [-0.2, 0) is 23.6 Å². The standard InChI is InChI=1S/C13H21N5O3S/c1-6-18(7-11-15-13(9(2)3)16-21-11)22(19,20)12-8-17(5)10(4)14-12/h8-9H,6-7H2,1-5H3. The van der Waals surface area contributed by atoms with Crippen molar-refractivity contribution >= 4 is 10.0 Å². The number of aryl methyl sites for hydroxylation is 2. The maximum atomic E-state index is 12.6. The highest BCUT2D eigenvalue weighted by Crippen LogP contribution is 2.18. The molecule has 0 amide bonds. The average Bonchev–Trinajstić information content (AvgIpc) is 3.04. The molecule has 0 saturated heterocycles. The Kier molecular flexibility index (Phi) is 4.66. The molecule has 0 saturated carbocycles. The summed E-state index contributed by atoms with van der Waals surface area (Å²) in [6.07, 6.45) is 1.50. The van der Waals surface area contributed by atoms with Crippen molar-refractivity contribution in [3.8, 4) is 0 Å². The molecule has 122 valence electrons. The van der Waals surface area contributed by atoms with Gasteiger partial charge in [0.1, 0.15) is 5.82 Å². The quantitative estimate of drug-likeness (QED) is 0.797. The summed E-state index contributed by atoms with van der Waals surface area (Å²) < 4.78 is 33.3. The van der Waals surface area contributed by atoms with Crippen molar-refractivity contribution in [2.24, 2.45) is 7.05 Å². The molecule has 0 atom stereocenters. The number of hydrogen-bond acceptors (Lipinski definition) is 6. The SMILES string of the molecule is CCN(Cc1nc(C(C)C)no1)S(=O)(=O)c1cn(C)c(C)n1. The van der Waals surface area contributed by atoms with Gasteiger partial charge in [0.05, 0.1) is 6.54 Å². The second-order valence-electron chi connectivity index (χ2n) is 5.37. The van der Waals surface area contributed by atoms with Crippen LogP contribution in [0, 0.1) is 6.92 Å². The zero-order chi connectivity index (χ0) is 16.5. The van der Waals surface area contributed by atoms with Crippen LogP contribution in [0.1, 0.15) is 44.2 Å². The van der Waals surface area contributed by atoms with Gasteiger partial charge in [0.2, 0.25) is 5.89 Å². The Balaban J connectivity index is 2.26. The van der Waals surface area contributed by atoms with Crippen molar-refractivity contribution in [2.45, 2.75) is 45.2 Å². The maximum absolute atomic E-state index is 12.6. The highest BCUT2D eigenvalue weighted by Gasteiger charge is 2.28. The Morgan fingerprint density at radius 2 is 2.05 bits per heavy atom. The Morgan fingerprint density at radius 1 is 1.36 bits per heavy atom. The second-order valence-corrected chi connectivity index (χ2v) is 7.25. The van der Waals surface area contributed by atoms with Gasteiger partial charge in [-0.2, -0.15) is 9.29 Å². The van der Waals surface area contributed by atoms with E-state index < -0.39 is 10.0 Å². The number of sulfonamides is 1. The molecule has 9 heteroatoms. The van der Waals surface area contributed by atoms with E-state index in [0.717, 1.165) is 0 Å². The van der Waals surface area contributed by atoms with Crippen LogP contribution in [0.5, 0.6) is 0 Å². The topological polar surface area (TPSA) is 94.1 Å². The Labute approximate surface area is 130 Å². The molecule has 0 spiro atoms. The minimum absolute atomic E-state index is 0.0259. The summed E-state index contributed by atoms with van der Waals surface area (Å²) in [7, 11) is -1.93. The van der Waals surface area contributed by atoms with Crippen LogP contribution in [0.2, 0.25) is 0 Å². The van der Waals surface area contributed by atoms with Gasteiger partial charge in [-0.1, -0.05) is 25.9 Å². The molecular formula is C13H21N5O3S. The van der Waals surface area contributed by atoms with E-state index in [-0.39, 0.29) is 29.9 Å². The van der Waals surface area contributed by atoms with Crippen molar-refractivity contribution < 1.29 is 12.9 Å². The highest BCUT2D eigenvalue weighted by molar-refractivity contribution is 7.89. The first-order chi connectivity index (χ1) is 10.3. The van der Waals surface area contributed by atoms with Gasteiger partial charge in [-0.15, -0.1) is 0 Å². The van der Waals surface area contributed by atoms with Gasteiger partial charge in [-0.05, 0) is 6.92 Å². The Bertz CT molecular complexity index is 728. The summed E-state index contributed by atoms with van der Waals surface area (Å²) in [5.41, 5.74) is 0. The summed E-state index contributed by atoms with van der Waals surface area (Å²) in [5.74, 6) is 1.61. The van der Waals surface area contributed by atoms with Crippen LogP contribution < -0.4 is 0 Å². The van der Waals surface area contributed by atoms with Crippen molar-refractivity contribution in [1.82, 2.24) is 24.0 Å². The molecule has 2 aromatic rings. The van der Waals surface area contributed by atoms with E-state index in [1.165, 1.54) is 10.5 Å². The van der Waals surface area contributed by atoms with Gasteiger partial charge in [0, 0.05) is 25.7 Å². The van der Waals surface area contributed by atoms with Crippen molar-refractivity contribution in [1.29, 1.82) is 0 Å². The van der Waals surface area contributed by atoms with Crippen LogP contribution in [-0.4, -0.2) is 39.0 Å². The van der Waals surface area contributed by atoms with Crippen molar-refractivity contribution in [3.05, 3.63) is 23.7 Å². The first kappa shape index (κ1) is 16.6. The molecule has 22 heavy (non-hydrogen) atoms. The number of aromatic nitrogens is 4. The summed E-state index contributed by atoms with van der Waals surface area (Å²) in [6.45, 7) is 7.72. The third-order valence-corrected chi connectivity index (χ3v) is 5.15. The summed E-state index contributed by atoms with van der Waals surface area (Å²) in [4.78, 5) is 8.31. The zero-order valence-corrected chi connectivity index (χ0v) is 14.3. The fourth-order valence-corrected chi connectivity index (χ4v) is 3.29. The summed E-state index contributed by atoms with van der Waals surface area (Å²) >= 11 is 0. The molecule has 0 aromatic carbocycles. The van der Waals surface area contributed by atoms with Crippen LogP contribution in [0.25, 0.3) is 0 Å². The van der Waals surface area contributed by atoms with Crippen LogP contribution in [0.4, 0.5) is 0 Å². The number of rotatable bonds is 6. The third-order valence-electron chi connectivity index (χ3n) is 3.36. The molecule has 2 aromatic heterocycles. The molecule has 0 bridgehead atoms.